The molecule has 3 amide bonds. The lowest BCUT2D eigenvalue weighted by Crippen LogP contribution is -2.51. The lowest BCUT2D eigenvalue weighted by Gasteiger charge is -2.41. The first-order chi connectivity index (χ1) is 23.0. The largest absolute Gasteiger partial charge is 0.444 e. The van der Waals surface area contributed by atoms with Gasteiger partial charge in [0, 0.05) is 50.9 Å². The van der Waals surface area contributed by atoms with Crippen LogP contribution >= 0.6 is 0 Å². The third-order valence-corrected chi connectivity index (χ3v) is 9.64. The van der Waals surface area contributed by atoms with Crippen LogP contribution in [-0.4, -0.2) is 79.2 Å². The van der Waals surface area contributed by atoms with Gasteiger partial charge in [0.05, 0.1) is 18.9 Å². The molecule has 3 atom stereocenters. The number of anilines is 1. The van der Waals surface area contributed by atoms with E-state index >= 15 is 0 Å². The Hall–Kier alpha value is -4.24. The van der Waals surface area contributed by atoms with Crippen molar-refractivity contribution in [3.63, 3.8) is 0 Å². The number of likely N-dealkylation sites (tertiary alicyclic amines) is 1. The molecule has 48 heavy (non-hydrogen) atoms. The molecule has 0 aromatic heterocycles. The molecule has 2 fully saturated rings. The number of nitrogens with zero attached hydrogens (tertiary/aromatic N) is 3. The SMILES string of the molecule is COCCC(=O)N1CC(CN(C(=O)[C@H]2CN(C(=O)OC(C)(C)C)CC[C@@H]2c2cccc(-c3ccccc3)c2)C2CC2)c2cc(F)ccc21. The predicted molar refractivity (Wildman–Crippen MR) is 183 cm³/mol. The van der Waals surface area contributed by atoms with E-state index in [9.17, 15) is 18.8 Å². The highest BCUT2D eigenvalue weighted by Gasteiger charge is 2.45. The second kappa shape index (κ2) is 14.1. The van der Waals surface area contributed by atoms with Gasteiger partial charge in [-0.1, -0.05) is 54.6 Å². The molecule has 254 valence electrons. The maximum atomic E-state index is 14.9. The van der Waals surface area contributed by atoms with Crippen LogP contribution in [0.3, 0.4) is 0 Å². The highest BCUT2D eigenvalue weighted by molar-refractivity contribution is 5.96. The highest BCUT2D eigenvalue weighted by atomic mass is 19.1. The molecule has 0 N–H and O–H groups in total. The Balaban J connectivity index is 1.30. The van der Waals surface area contributed by atoms with E-state index in [-0.39, 0.29) is 48.5 Å². The topological polar surface area (TPSA) is 79.4 Å². The molecule has 8 nitrogen and oxygen atoms in total. The second-order valence-electron chi connectivity index (χ2n) is 14.3. The van der Waals surface area contributed by atoms with Crippen LogP contribution in [0.4, 0.5) is 14.9 Å². The van der Waals surface area contributed by atoms with Crippen molar-refractivity contribution in [3.8, 4) is 11.1 Å². The summed E-state index contributed by atoms with van der Waals surface area (Å²) in [5.41, 5.74) is 4.02. The molecule has 0 spiro atoms. The maximum Gasteiger partial charge on any atom is 0.410 e. The molecule has 2 aliphatic heterocycles. The molecule has 2 heterocycles. The summed E-state index contributed by atoms with van der Waals surface area (Å²) >= 11 is 0. The Morgan fingerprint density at radius 2 is 1.67 bits per heavy atom. The Morgan fingerprint density at radius 3 is 2.38 bits per heavy atom. The van der Waals surface area contributed by atoms with Crippen molar-refractivity contribution in [2.45, 2.75) is 69.9 Å². The van der Waals surface area contributed by atoms with Gasteiger partial charge < -0.3 is 24.2 Å². The molecule has 0 radical (unpaired) electrons. The minimum absolute atomic E-state index is 0.0111. The van der Waals surface area contributed by atoms with Gasteiger partial charge in [0.2, 0.25) is 11.8 Å². The number of halogens is 1. The zero-order valence-electron chi connectivity index (χ0n) is 28.4. The summed E-state index contributed by atoms with van der Waals surface area (Å²) in [6.07, 6.45) is 2.20. The Kier molecular flexibility index (Phi) is 9.88. The summed E-state index contributed by atoms with van der Waals surface area (Å²) in [4.78, 5) is 46.7. The van der Waals surface area contributed by atoms with Crippen molar-refractivity contribution in [2.75, 3.05) is 44.8 Å². The van der Waals surface area contributed by atoms with E-state index in [1.54, 1.807) is 23.0 Å². The molecule has 1 saturated heterocycles. The van der Waals surface area contributed by atoms with Crippen molar-refractivity contribution >= 4 is 23.6 Å². The van der Waals surface area contributed by atoms with Crippen LogP contribution in [0.5, 0.6) is 0 Å². The molecular formula is C39H46FN3O5. The number of carbonyl (C=O) groups is 3. The van der Waals surface area contributed by atoms with E-state index in [2.05, 4.69) is 30.3 Å². The molecular weight excluding hydrogens is 609 g/mol. The van der Waals surface area contributed by atoms with Crippen LogP contribution in [0.15, 0.2) is 72.8 Å². The number of hydrogen-bond donors (Lipinski definition) is 0. The fourth-order valence-electron chi connectivity index (χ4n) is 7.16. The molecule has 1 unspecified atom stereocenters. The average Bonchev–Trinajstić information content (AvgIpc) is 3.86. The standard InChI is InChI=1S/C39H46FN3O5/c1-39(2,3)48-38(46)41-19-17-32(28-12-8-11-27(21-28)26-9-6-5-7-10-26)34(25-41)37(45)42(31-14-15-31)23-29-24-43(36(44)18-20-47-4)35-16-13-30(40)22-33(29)35/h5-13,16,21-22,29,31-32,34H,14-15,17-20,23-25H2,1-4H3/t29?,32-,34+/m1/s1. The van der Waals surface area contributed by atoms with E-state index < -0.39 is 17.6 Å². The summed E-state index contributed by atoms with van der Waals surface area (Å²) < 4.78 is 25.5. The molecule has 3 aromatic carbocycles. The number of hydrogen-bond acceptors (Lipinski definition) is 5. The zero-order valence-corrected chi connectivity index (χ0v) is 28.4. The molecule has 3 aromatic rings. The number of piperidine rings is 1. The average molecular weight is 656 g/mol. The number of amides is 3. The number of methoxy groups -OCH3 is 1. The first kappa shape index (κ1) is 33.7. The highest BCUT2D eigenvalue weighted by Crippen LogP contribution is 2.42. The summed E-state index contributed by atoms with van der Waals surface area (Å²) in [5, 5.41) is 0. The first-order valence-corrected chi connectivity index (χ1v) is 17.0. The van der Waals surface area contributed by atoms with Crippen LogP contribution in [0, 0.1) is 11.7 Å². The third kappa shape index (κ3) is 7.57. The van der Waals surface area contributed by atoms with Crippen molar-refractivity contribution in [1.29, 1.82) is 0 Å². The van der Waals surface area contributed by atoms with Crippen LogP contribution < -0.4 is 4.90 Å². The van der Waals surface area contributed by atoms with Crippen molar-refractivity contribution < 1.29 is 28.2 Å². The Labute approximate surface area is 282 Å². The van der Waals surface area contributed by atoms with E-state index in [4.69, 9.17) is 9.47 Å². The number of fused-ring (bicyclic) bond motifs is 1. The van der Waals surface area contributed by atoms with Gasteiger partial charge in [-0.25, -0.2) is 9.18 Å². The van der Waals surface area contributed by atoms with Crippen molar-refractivity contribution in [1.82, 2.24) is 9.80 Å². The maximum absolute atomic E-state index is 14.9. The molecule has 9 heteroatoms. The predicted octanol–water partition coefficient (Wildman–Crippen LogP) is 6.99. The van der Waals surface area contributed by atoms with E-state index in [1.807, 2.05) is 49.9 Å². The first-order valence-electron chi connectivity index (χ1n) is 17.0. The summed E-state index contributed by atoms with van der Waals surface area (Å²) in [5.74, 6) is -1.31. The summed E-state index contributed by atoms with van der Waals surface area (Å²) in [6, 6.07) is 23.2. The van der Waals surface area contributed by atoms with Gasteiger partial charge in [0.25, 0.3) is 0 Å². The van der Waals surface area contributed by atoms with Gasteiger partial charge in [-0.05, 0) is 86.4 Å². The summed E-state index contributed by atoms with van der Waals surface area (Å²) in [7, 11) is 1.56. The quantitative estimate of drug-likeness (QED) is 0.248. The lowest BCUT2D eigenvalue weighted by molar-refractivity contribution is -0.138. The van der Waals surface area contributed by atoms with E-state index in [0.29, 0.717) is 38.3 Å². The number of benzene rings is 3. The number of rotatable bonds is 9. The molecule has 1 aliphatic carbocycles. The van der Waals surface area contributed by atoms with Crippen LogP contribution in [-0.2, 0) is 19.1 Å². The molecule has 0 bridgehead atoms. The zero-order chi connectivity index (χ0) is 34.0. The van der Waals surface area contributed by atoms with Gasteiger partial charge in [0.1, 0.15) is 11.4 Å². The Bertz CT molecular complexity index is 1640. The number of ether oxygens (including phenoxy) is 2. The van der Waals surface area contributed by atoms with E-state index in [0.717, 1.165) is 35.1 Å². The smallest absolute Gasteiger partial charge is 0.410 e. The van der Waals surface area contributed by atoms with Gasteiger partial charge in [-0.2, -0.15) is 0 Å². The van der Waals surface area contributed by atoms with E-state index in [1.165, 1.54) is 12.1 Å². The van der Waals surface area contributed by atoms with Gasteiger partial charge in [-0.15, -0.1) is 0 Å². The van der Waals surface area contributed by atoms with Crippen LogP contribution in [0.1, 0.15) is 69.4 Å². The molecule has 6 rings (SSSR count). The number of carbonyl (C=O) groups excluding carboxylic acids is 3. The summed E-state index contributed by atoms with van der Waals surface area (Å²) in [6.45, 7) is 7.29. The Morgan fingerprint density at radius 1 is 0.917 bits per heavy atom. The van der Waals surface area contributed by atoms with Crippen molar-refractivity contribution in [3.05, 3.63) is 89.7 Å². The second-order valence-corrected chi connectivity index (χ2v) is 14.3. The van der Waals surface area contributed by atoms with Gasteiger partial charge in [0.15, 0.2) is 0 Å². The minimum Gasteiger partial charge on any atom is -0.444 e. The normalized spacial score (nSPS) is 20.7. The van der Waals surface area contributed by atoms with Crippen LogP contribution in [0.25, 0.3) is 11.1 Å². The van der Waals surface area contributed by atoms with Gasteiger partial charge in [-0.3, -0.25) is 9.59 Å². The molecule has 3 aliphatic rings. The third-order valence-electron chi connectivity index (χ3n) is 9.64. The lowest BCUT2D eigenvalue weighted by atomic mass is 9.78. The van der Waals surface area contributed by atoms with Crippen LogP contribution in [0.2, 0.25) is 0 Å². The fraction of sp³-hybridized carbons (Fsp3) is 0.462. The molecule has 1 saturated carbocycles. The minimum atomic E-state index is -0.658. The monoisotopic (exact) mass is 655 g/mol. The van der Waals surface area contributed by atoms with Gasteiger partial charge >= 0.3 is 6.09 Å². The fourth-order valence-corrected chi connectivity index (χ4v) is 7.16. The van der Waals surface area contributed by atoms with Crippen molar-refractivity contribution in [2.24, 2.45) is 5.92 Å².